The number of hydrogen-bond acceptors (Lipinski definition) is 6. The Hall–Kier alpha value is -3.55. The summed E-state index contributed by atoms with van der Waals surface area (Å²) in [7, 11) is 0. The molecule has 0 aliphatic rings. The predicted molar refractivity (Wildman–Crippen MR) is 89.7 cm³/mol. The second kappa shape index (κ2) is 7.35. The lowest BCUT2D eigenvalue weighted by Crippen LogP contribution is -2.20. The molecule has 126 valence electrons. The second-order valence-electron chi connectivity index (χ2n) is 5.22. The van der Waals surface area contributed by atoms with Crippen LogP contribution in [0.3, 0.4) is 0 Å². The van der Waals surface area contributed by atoms with Crippen LogP contribution >= 0.6 is 0 Å². The number of tetrazole rings is 1. The first kappa shape index (κ1) is 16.3. The zero-order chi connectivity index (χ0) is 17.6. The normalized spacial score (nSPS) is 10.3. The highest BCUT2D eigenvalue weighted by molar-refractivity contribution is 5.95. The lowest BCUT2D eigenvalue weighted by molar-refractivity contribution is -0.118. The van der Waals surface area contributed by atoms with Crippen LogP contribution in [0, 0.1) is 0 Å². The summed E-state index contributed by atoms with van der Waals surface area (Å²) in [6.07, 6.45) is 1.49. The van der Waals surface area contributed by atoms with Crippen molar-refractivity contribution in [2.75, 3.05) is 11.9 Å². The Bertz CT molecular complexity index is 858. The molecule has 3 rings (SSSR count). The molecule has 1 N–H and O–H groups in total. The molecule has 0 aliphatic heterocycles. The number of nitrogens with one attached hydrogen (secondary N) is 1. The molecule has 0 fully saturated rings. The standard InChI is InChI=1S/C17H15N5O3/c1-12(23)13-2-4-14(5-3-13)19-17(24)10-25-16-8-6-15(7-9-16)22-11-18-20-21-22/h2-9,11H,10H2,1H3,(H,19,24). The number of amides is 1. The van der Waals surface area contributed by atoms with Crippen molar-refractivity contribution in [2.45, 2.75) is 6.92 Å². The minimum absolute atomic E-state index is 0.0219. The SMILES string of the molecule is CC(=O)c1ccc(NC(=O)COc2ccc(-n3cnnn3)cc2)cc1. The summed E-state index contributed by atoms with van der Waals surface area (Å²) in [6.45, 7) is 1.37. The second-order valence-corrected chi connectivity index (χ2v) is 5.22. The van der Waals surface area contributed by atoms with Gasteiger partial charge in [-0.05, 0) is 65.9 Å². The van der Waals surface area contributed by atoms with Gasteiger partial charge in [0.25, 0.3) is 5.91 Å². The van der Waals surface area contributed by atoms with E-state index in [-0.39, 0.29) is 18.3 Å². The minimum Gasteiger partial charge on any atom is -0.484 e. The molecular formula is C17H15N5O3. The predicted octanol–water partition coefficient (Wildman–Crippen LogP) is 1.88. The average Bonchev–Trinajstić information content (AvgIpc) is 3.15. The maximum atomic E-state index is 11.9. The van der Waals surface area contributed by atoms with E-state index >= 15 is 0 Å². The van der Waals surface area contributed by atoms with Crippen molar-refractivity contribution in [3.8, 4) is 11.4 Å². The number of carbonyl (C=O) groups is 2. The first-order chi connectivity index (χ1) is 12.1. The van der Waals surface area contributed by atoms with Gasteiger partial charge in [-0.15, -0.1) is 5.10 Å². The molecular weight excluding hydrogens is 322 g/mol. The molecule has 0 saturated heterocycles. The van der Waals surface area contributed by atoms with Gasteiger partial charge < -0.3 is 10.1 Å². The van der Waals surface area contributed by atoms with Gasteiger partial charge in [0.2, 0.25) is 0 Å². The van der Waals surface area contributed by atoms with Gasteiger partial charge in [-0.2, -0.15) is 0 Å². The van der Waals surface area contributed by atoms with Crippen molar-refractivity contribution in [1.82, 2.24) is 20.2 Å². The zero-order valence-electron chi connectivity index (χ0n) is 13.4. The van der Waals surface area contributed by atoms with Gasteiger partial charge in [0.1, 0.15) is 12.1 Å². The Balaban J connectivity index is 1.52. The molecule has 8 heteroatoms. The fourth-order valence-corrected chi connectivity index (χ4v) is 2.11. The van der Waals surface area contributed by atoms with Crippen molar-refractivity contribution in [1.29, 1.82) is 0 Å². The third kappa shape index (κ3) is 4.25. The van der Waals surface area contributed by atoms with Gasteiger partial charge in [0.05, 0.1) is 5.69 Å². The summed E-state index contributed by atoms with van der Waals surface area (Å²) in [5.74, 6) is 0.241. The minimum atomic E-state index is -0.292. The van der Waals surface area contributed by atoms with Gasteiger partial charge in [-0.25, -0.2) is 4.68 Å². The van der Waals surface area contributed by atoms with Crippen LogP contribution in [0.15, 0.2) is 54.9 Å². The number of anilines is 1. The fraction of sp³-hybridized carbons (Fsp3) is 0.118. The van der Waals surface area contributed by atoms with E-state index in [1.165, 1.54) is 17.9 Å². The summed E-state index contributed by atoms with van der Waals surface area (Å²) in [4.78, 5) is 23.1. The highest BCUT2D eigenvalue weighted by atomic mass is 16.5. The van der Waals surface area contributed by atoms with E-state index in [2.05, 4.69) is 20.8 Å². The van der Waals surface area contributed by atoms with E-state index in [0.717, 1.165) is 5.69 Å². The van der Waals surface area contributed by atoms with Crippen LogP contribution in [0.4, 0.5) is 5.69 Å². The molecule has 2 aromatic carbocycles. The lowest BCUT2D eigenvalue weighted by atomic mass is 10.1. The summed E-state index contributed by atoms with van der Waals surface area (Å²) in [5.41, 5.74) is 1.98. The van der Waals surface area contributed by atoms with Crippen molar-refractivity contribution in [3.63, 3.8) is 0 Å². The Kier molecular flexibility index (Phi) is 4.79. The van der Waals surface area contributed by atoms with Crippen LogP contribution in [0.1, 0.15) is 17.3 Å². The molecule has 1 aromatic heterocycles. The molecule has 1 amide bonds. The monoisotopic (exact) mass is 337 g/mol. The van der Waals surface area contributed by atoms with Crippen LogP contribution in [0.5, 0.6) is 5.75 Å². The van der Waals surface area contributed by atoms with Gasteiger partial charge >= 0.3 is 0 Å². The van der Waals surface area contributed by atoms with E-state index in [9.17, 15) is 9.59 Å². The van der Waals surface area contributed by atoms with Crippen LogP contribution in [0.25, 0.3) is 5.69 Å². The summed E-state index contributed by atoms with van der Waals surface area (Å²) in [6, 6.07) is 13.7. The number of benzene rings is 2. The van der Waals surface area contributed by atoms with Crippen LogP contribution < -0.4 is 10.1 Å². The van der Waals surface area contributed by atoms with Gasteiger partial charge in [0.15, 0.2) is 12.4 Å². The van der Waals surface area contributed by atoms with Gasteiger partial charge in [-0.3, -0.25) is 9.59 Å². The molecule has 0 bridgehead atoms. The molecule has 0 atom stereocenters. The van der Waals surface area contributed by atoms with E-state index in [1.54, 1.807) is 48.5 Å². The smallest absolute Gasteiger partial charge is 0.262 e. The van der Waals surface area contributed by atoms with E-state index < -0.39 is 0 Å². The van der Waals surface area contributed by atoms with Crippen molar-refractivity contribution >= 4 is 17.4 Å². The maximum Gasteiger partial charge on any atom is 0.262 e. The molecule has 0 spiro atoms. The van der Waals surface area contributed by atoms with Gasteiger partial charge in [-0.1, -0.05) is 0 Å². The van der Waals surface area contributed by atoms with Gasteiger partial charge in [0, 0.05) is 11.3 Å². The van der Waals surface area contributed by atoms with E-state index in [0.29, 0.717) is 17.0 Å². The summed E-state index contributed by atoms with van der Waals surface area (Å²) >= 11 is 0. The molecule has 0 saturated carbocycles. The summed E-state index contributed by atoms with van der Waals surface area (Å²) < 4.78 is 6.96. The summed E-state index contributed by atoms with van der Waals surface area (Å²) in [5, 5.41) is 13.6. The largest absolute Gasteiger partial charge is 0.484 e. The molecule has 3 aromatic rings. The fourth-order valence-electron chi connectivity index (χ4n) is 2.11. The highest BCUT2D eigenvalue weighted by Crippen LogP contribution is 2.14. The Morgan fingerprint density at radius 3 is 2.40 bits per heavy atom. The van der Waals surface area contributed by atoms with E-state index in [4.69, 9.17) is 4.74 Å². The van der Waals surface area contributed by atoms with E-state index in [1.807, 2.05) is 0 Å². The molecule has 0 aliphatic carbocycles. The van der Waals surface area contributed by atoms with Crippen molar-refractivity contribution < 1.29 is 14.3 Å². The number of ether oxygens (including phenoxy) is 1. The number of hydrogen-bond donors (Lipinski definition) is 1. The lowest BCUT2D eigenvalue weighted by Gasteiger charge is -2.08. The number of ketones is 1. The zero-order valence-corrected chi connectivity index (χ0v) is 13.4. The first-order valence-electron chi connectivity index (χ1n) is 7.49. The number of Topliss-reactive ketones (excluding diaryl/α,β-unsaturated/α-hetero) is 1. The Morgan fingerprint density at radius 1 is 1.08 bits per heavy atom. The van der Waals surface area contributed by atoms with Crippen molar-refractivity contribution in [2.24, 2.45) is 0 Å². The Labute approximate surface area is 143 Å². The topological polar surface area (TPSA) is 99.0 Å². The Morgan fingerprint density at radius 2 is 1.80 bits per heavy atom. The molecule has 0 radical (unpaired) electrons. The molecule has 25 heavy (non-hydrogen) atoms. The third-order valence-electron chi connectivity index (χ3n) is 3.40. The molecule has 0 unspecified atom stereocenters. The third-order valence-corrected chi connectivity index (χ3v) is 3.40. The number of nitrogens with zero attached hydrogens (tertiary/aromatic N) is 4. The number of carbonyl (C=O) groups excluding carboxylic acids is 2. The number of rotatable bonds is 6. The van der Waals surface area contributed by atoms with Crippen LogP contribution in [-0.2, 0) is 4.79 Å². The van der Waals surface area contributed by atoms with Crippen LogP contribution in [0.2, 0.25) is 0 Å². The average molecular weight is 337 g/mol. The highest BCUT2D eigenvalue weighted by Gasteiger charge is 2.05. The van der Waals surface area contributed by atoms with Crippen LogP contribution in [-0.4, -0.2) is 38.5 Å². The number of aromatic nitrogens is 4. The van der Waals surface area contributed by atoms with Crippen molar-refractivity contribution in [3.05, 3.63) is 60.4 Å². The molecule has 8 nitrogen and oxygen atoms in total. The molecule has 1 heterocycles. The maximum absolute atomic E-state index is 11.9. The first-order valence-corrected chi connectivity index (χ1v) is 7.49. The quantitative estimate of drug-likeness (QED) is 0.690.